The number of halogens is 1. The lowest BCUT2D eigenvalue weighted by atomic mass is 9.85. The maximum Gasteiger partial charge on any atom is 0.255 e. The molecule has 1 heterocycles. The second-order valence-corrected chi connectivity index (χ2v) is 6.74. The highest BCUT2D eigenvalue weighted by Crippen LogP contribution is 2.37. The molecule has 1 aliphatic carbocycles. The van der Waals surface area contributed by atoms with Crippen LogP contribution in [0.1, 0.15) is 48.0 Å². The zero-order chi connectivity index (χ0) is 13.4. The Morgan fingerprint density at radius 2 is 2.05 bits per heavy atom. The first-order valence-electron chi connectivity index (χ1n) is 7.24. The lowest BCUT2D eigenvalue weighted by Crippen LogP contribution is -2.39. The Labute approximate surface area is 123 Å². The van der Waals surface area contributed by atoms with Gasteiger partial charge in [-0.1, -0.05) is 24.5 Å². The van der Waals surface area contributed by atoms with Crippen LogP contribution in [0.25, 0.3) is 0 Å². The Balaban J connectivity index is 1.85. The molecule has 1 aromatic rings. The molecule has 0 aromatic heterocycles. The predicted molar refractivity (Wildman–Crippen MR) is 80.3 cm³/mol. The zero-order valence-electron chi connectivity index (χ0n) is 11.4. The van der Waals surface area contributed by atoms with Gasteiger partial charge in [-0.05, 0) is 60.2 Å². The van der Waals surface area contributed by atoms with Crippen LogP contribution >= 0.6 is 15.9 Å². The molecular formula is C16H20BrNO. The highest BCUT2D eigenvalue weighted by atomic mass is 79.9. The molecular weight excluding hydrogens is 302 g/mol. The fourth-order valence-electron chi connectivity index (χ4n) is 3.62. The van der Waals surface area contributed by atoms with Crippen LogP contribution in [0.4, 0.5) is 0 Å². The minimum absolute atomic E-state index is 0.213. The number of nitrogens with zero attached hydrogens (tertiary/aromatic N) is 1. The van der Waals surface area contributed by atoms with Gasteiger partial charge in [0, 0.05) is 17.1 Å². The summed E-state index contributed by atoms with van der Waals surface area (Å²) in [5.74, 6) is 0.964. The van der Waals surface area contributed by atoms with E-state index in [1.807, 2.05) is 25.1 Å². The van der Waals surface area contributed by atoms with Gasteiger partial charge in [0.2, 0.25) is 0 Å². The van der Waals surface area contributed by atoms with Crippen molar-refractivity contribution >= 4 is 21.8 Å². The number of fused-ring (bicyclic) bond motifs is 1. The second-order valence-electron chi connectivity index (χ2n) is 5.88. The molecule has 2 atom stereocenters. The Bertz CT molecular complexity index is 500. The van der Waals surface area contributed by atoms with E-state index >= 15 is 0 Å². The highest BCUT2D eigenvalue weighted by Gasteiger charge is 2.38. The minimum atomic E-state index is 0.213. The van der Waals surface area contributed by atoms with Gasteiger partial charge < -0.3 is 4.90 Å². The Morgan fingerprint density at radius 3 is 2.89 bits per heavy atom. The predicted octanol–water partition coefficient (Wildman–Crippen LogP) is 4.16. The van der Waals surface area contributed by atoms with E-state index in [0.29, 0.717) is 6.04 Å². The Hall–Kier alpha value is -0.830. The van der Waals surface area contributed by atoms with Crippen LogP contribution < -0.4 is 0 Å². The molecule has 1 saturated carbocycles. The minimum Gasteiger partial charge on any atom is -0.335 e. The quantitative estimate of drug-likeness (QED) is 0.760. The summed E-state index contributed by atoms with van der Waals surface area (Å²) in [6, 6.07) is 6.52. The first-order valence-corrected chi connectivity index (χ1v) is 8.03. The monoisotopic (exact) mass is 321 g/mol. The molecule has 2 aliphatic rings. The molecule has 1 aliphatic heterocycles. The van der Waals surface area contributed by atoms with Gasteiger partial charge >= 0.3 is 0 Å². The topological polar surface area (TPSA) is 20.3 Å². The molecule has 19 heavy (non-hydrogen) atoms. The van der Waals surface area contributed by atoms with Crippen molar-refractivity contribution in [3.05, 3.63) is 33.8 Å². The van der Waals surface area contributed by atoms with E-state index in [1.54, 1.807) is 0 Å². The number of aryl methyl sites for hydroxylation is 1. The number of amides is 1. The van der Waals surface area contributed by atoms with Crippen LogP contribution in [0, 0.1) is 12.8 Å². The van der Waals surface area contributed by atoms with Crippen molar-refractivity contribution in [3.63, 3.8) is 0 Å². The summed E-state index contributed by atoms with van der Waals surface area (Å²) < 4.78 is 0.919. The summed E-state index contributed by atoms with van der Waals surface area (Å²) >= 11 is 3.52. The van der Waals surface area contributed by atoms with Gasteiger partial charge in [-0.25, -0.2) is 0 Å². The second kappa shape index (κ2) is 5.28. The molecule has 1 amide bonds. The van der Waals surface area contributed by atoms with Crippen molar-refractivity contribution in [2.45, 2.75) is 45.1 Å². The van der Waals surface area contributed by atoms with Gasteiger partial charge in [0.15, 0.2) is 0 Å². The van der Waals surface area contributed by atoms with E-state index < -0.39 is 0 Å². The molecule has 1 saturated heterocycles. The molecule has 0 radical (unpaired) electrons. The molecule has 2 fully saturated rings. The van der Waals surface area contributed by atoms with Crippen LogP contribution in [0.15, 0.2) is 22.7 Å². The highest BCUT2D eigenvalue weighted by molar-refractivity contribution is 9.10. The van der Waals surface area contributed by atoms with Crippen LogP contribution in [-0.4, -0.2) is 23.4 Å². The van der Waals surface area contributed by atoms with Crippen molar-refractivity contribution in [2.75, 3.05) is 6.54 Å². The number of rotatable bonds is 1. The Kier molecular flexibility index (Phi) is 3.66. The summed E-state index contributed by atoms with van der Waals surface area (Å²) in [6.07, 6.45) is 6.32. The van der Waals surface area contributed by atoms with Crippen LogP contribution in [-0.2, 0) is 0 Å². The molecule has 1 aromatic carbocycles. The number of likely N-dealkylation sites (tertiary alicyclic amines) is 1. The van der Waals surface area contributed by atoms with E-state index in [1.165, 1.54) is 32.1 Å². The molecule has 0 bridgehead atoms. The van der Waals surface area contributed by atoms with Crippen molar-refractivity contribution < 1.29 is 4.79 Å². The van der Waals surface area contributed by atoms with Crippen LogP contribution in [0.3, 0.4) is 0 Å². The molecule has 2 unspecified atom stereocenters. The van der Waals surface area contributed by atoms with Crippen molar-refractivity contribution in [3.8, 4) is 0 Å². The number of hydrogen-bond acceptors (Lipinski definition) is 1. The summed E-state index contributed by atoms with van der Waals surface area (Å²) in [4.78, 5) is 14.9. The third-order valence-electron chi connectivity index (χ3n) is 4.62. The lowest BCUT2D eigenvalue weighted by Gasteiger charge is -2.32. The van der Waals surface area contributed by atoms with Gasteiger partial charge in [0.25, 0.3) is 5.91 Å². The molecule has 2 nitrogen and oxygen atoms in total. The van der Waals surface area contributed by atoms with Gasteiger partial charge in [0.1, 0.15) is 0 Å². The zero-order valence-corrected chi connectivity index (χ0v) is 12.9. The molecule has 0 N–H and O–H groups in total. The van der Waals surface area contributed by atoms with Crippen molar-refractivity contribution in [1.29, 1.82) is 0 Å². The lowest BCUT2D eigenvalue weighted by molar-refractivity contribution is 0.0689. The molecule has 3 rings (SSSR count). The normalized spacial score (nSPS) is 26.3. The van der Waals surface area contributed by atoms with Crippen LogP contribution in [0.5, 0.6) is 0 Å². The number of carbonyl (C=O) groups excluding carboxylic acids is 1. The maximum atomic E-state index is 12.8. The van der Waals surface area contributed by atoms with E-state index in [0.717, 1.165) is 28.1 Å². The van der Waals surface area contributed by atoms with E-state index in [2.05, 4.69) is 20.8 Å². The average molecular weight is 322 g/mol. The molecule has 0 spiro atoms. The third-order valence-corrected chi connectivity index (χ3v) is 5.31. The van der Waals surface area contributed by atoms with Crippen LogP contribution in [0.2, 0.25) is 0 Å². The van der Waals surface area contributed by atoms with Gasteiger partial charge in [-0.2, -0.15) is 0 Å². The molecule has 3 heteroatoms. The fourth-order valence-corrected chi connectivity index (χ4v) is 4.03. The van der Waals surface area contributed by atoms with Gasteiger partial charge in [-0.15, -0.1) is 0 Å². The first-order chi connectivity index (χ1) is 9.16. The number of carbonyl (C=O) groups is 1. The smallest absolute Gasteiger partial charge is 0.255 e. The third kappa shape index (κ3) is 2.45. The number of hydrogen-bond donors (Lipinski definition) is 0. The molecule has 102 valence electrons. The summed E-state index contributed by atoms with van der Waals surface area (Å²) in [6.45, 7) is 2.98. The van der Waals surface area contributed by atoms with Gasteiger partial charge in [-0.3, -0.25) is 4.79 Å². The SMILES string of the molecule is Cc1ccc(Br)c(C(=O)N2CCC3CCCCC32)c1. The summed E-state index contributed by atoms with van der Waals surface area (Å²) in [7, 11) is 0. The first kappa shape index (κ1) is 13.2. The van der Waals surface area contributed by atoms with E-state index in [9.17, 15) is 4.79 Å². The summed E-state index contributed by atoms with van der Waals surface area (Å²) in [5, 5.41) is 0. The van der Waals surface area contributed by atoms with E-state index in [-0.39, 0.29) is 5.91 Å². The van der Waals surface area contributed by atoms with Crippen molar-refractivity contribution in [1.82, 2.24) is 4.90 Å². The largest absolute Gasteiger partial charge is 0.335 e. The number of benzene rings is 1. The average Bonchev–Trinajstić information content (AvgIpc) is 2.84. The van der Waals surface area contributed by atoms with E-state index in [4.69, 9.17) is 0 Å². The summed E-state index contributed by atoms with van der Waals surface area (Å²) in [5.41, 5.74) is 1.97. The maximum absolute atomic E-state index is 12.8. The Morgan fingerprint density at radius 1 is 1.26 bits per heavy atom. The standard InChI is InChI=1S/C16H20BrNO/c1-11-6-7-14(17)13(10-11)16(19)18-9-8-12-4-2-3-5-15(12)18/h6-7,10,12,15H,2-5,8-9H2,1H3. The van der Waals surface area contributed by atoms with Gasteiger partial charge in [0.05, 0.1) is 5.56 Å². The van der Waals surface area contributed by atoms with Crippen molar-refractivity contribution in [2.24, 2.45) is 5.92 Å². The fraction of sp³-hybridized carbons (Fsp3) is 0.562.